The first-order valence-electron chi connectivity index (χ1n) is 10.7. The van der Waals surface area contributed by atoms with E-state index < -0.39 is 9.84 Å². The van der Waals surface area contributed by atoms with E-state index in [0.29, 0.717) is 44.6 Å². The fourth-order valence-electron chi connectivity index (χ4n) is 4.18. The summed E-state index contributed by atoms with van der Waals surface area (Å²) >= 11 is 1.67. The van der Waals surface area contributed by atoms with Crippen LogP contribution in [0.5, 0.6) is 0 Å². The maximum atomic E-state index is 13.2. The molecule has 6 nitrogen and oxygen atoms in total. The molecule has 0 N–H and O–H groups in total. The van der Waals surface area contributed by atoms with E-state index in [0.717, 1.165) is 17.1 Å². The van der Waals surface area contributed by atoms with Gasteiger partial charge in [0.15, 0.2) is 15.0 Å². The number of nitrogens with zero attached hydrogens (tertiary/aromatic N) is 3. The minimum Gasteiger partial charge on any atom is -0.345 e. The van der Waals surface area contributed by atoms with Gasteiger partial charge in [0.05, 0.1) is 25.9 Å². The van der Waals surface area contributed by atoms with Crippen LogP contribution in [-0.4, -0.2) is 55.6 Å². The molecule has 1 saturated carbocycles. The van der Waals surface area contributed by atoms with Crippen molar-refractivity contribution < 1.29 is 13.2 Å². The highest BCUT2D eigenvalue weighted by Crippen LogP contribution is 2.33. The van der Waals surface area contributed by atoms with Crippen LogP contribution in [0.1, 0.15) is 35.2 Å². The Kier molecular flexibility index (Phi) is 5.22. The fraction of sp³-hybridized carbons (Fsp3) is 0.391. The van der Waals surface area contributed by atoms with Gasteiger partial charge in [-0.05, 0) is 49.6 Å². The zero-order valence-corrected chi connectivity index (χ0v) is 19.1. The number of carbonyl (C=O) groups is 1. The number of sulfone groups is 1. The van der Waals surface area contributed by atoms with Crippen molar-refractivity contribution in [1.29, 1.82) is 0 Å². The Morgan fingerprint density at radius 1 is 1.06 bits per heavy atom. The summed E-state index contributed by atoms with van der Waals surface area (Å²) in [5.41, 5.74) is 2.52. The van der Waals surface area contributed by atoms with E-state index >= 15 is 0 Å². The molecule has 31 heavy (non-hydrogen) atoms. The molecule has 1 aliphatic heterocycles. The van der Waals surface area contributed by atoms with Gasteiger partial charge in [0.1, 0.15) is 0 Å². The zero-order valence-electron chi connectivity index (χ0n) is 17.5. The molecule has 8 heteroatoms. The van der Waals surface area contributed by atoms with Gasteiger partial charge >= 0.3 is 0 Å². The average Bonchev–Trinajstić information content (AvgIpc) is 3.15. The Morgan fingerprint density at radius 3 is 2.52 bits per heavy atom. The lowest BCUT2D eigenvalue weighted by Crippen LogP contribution is -2.49. The molecule has 0 radical (unpaired) electrons. The summed E-state index contributed by atoms with van der Waals surface area (Å²) in [5.74, 6) is -0.196. The van der Waals surface area contributed by atoms with Crippen molar-refractivity contribution in [3.8, 4) is 0 Å². The topological polar surface area (TPSA) is 70.6 Å². The third-order valence-corrected chi connectivity index (χ3v) is 9.68. The molecule has 2 aromatic carbocycles. The van der Waals surface area contributed by atoms with Gasteiger partial charge in [-0.3, -0.25) is 4.79 Å². The van der Waals surface area contributed by atoms with Crippen molar-refractivity contribution in [3.05, 3.63) is 53.6 Å². The Morgan fingerprint density at radius 2 is 1.81 bits per heavy atom. The van der Waals surface area contributed by atoms with Gasteiger partial charge in [-0.1, -0.05) is 36.0 Å². The van der Waals surface area contributed by atoms with Crippen LogP contribution in [0.2, 0.25) is 0 Å². The molecule has 2 aliphatic rings. The van der Waals surface area contributed by atoms with Crippen LogP contribution in [-0.2, 0) is 9.84 Å². The van der Waals surface area contributed by atoms with Crippen LogP contribution in [0.4, 0.5) is 5.13 Å². The third kappa shape index (κ3) is 3.72. The SMILES string of the molecule is Cc1ccc2nc(N3CCN(C(=O)c4ccccc4S(=O)(=O)C4CCC4)CC3)sc2c1. The second kappa shape index (κ2) is 7.91. The fourth-order valence-corrected chi connectivity index (χ4v) is 7.34. The normalized spacial score (nSPS) is 17.7. The van der Waals surface area contributed by atoms with Crippen molar-refractivity contribution in [2.45, 2.75) is 36.3 Å². The zero-order chi connectivity index (χ0) is 21.6. The molecular formula is C23H25N3O3S2. The molecule has 0 unspecified atom stereocenters. The van der Waals surface area contributed by atoms with Crippen molar-refractivity contribution in [1.82, 2.24) is 9.88 Å². The number of rotatable bonds is 4. The molecule has 5 rings (SSSR count). The van der Waals surface area contributed by atoms with Crippen LogP contribution >= 0.6 is 11.3 Å². The Bertz CT molecular complexity index is 1240. The number of anilines is 1. The van der Waals surface area contributed by atoms with Gasteiger partial charge < -0.3 is 9.80 Å². The van der Waals surface area contributed by atoms with Gasteiger partial charge in [0, 0.05) is 26.2 Å². The number of carbonyl (C=O) groups excluding carboxylic acids is 1. The molecule has 0 atom stereocenters. The second-order valence-electron chi connectivity index (χ2n) is 8.34. The minimum atomic E-state index is -3.45. The van der Waals surface area contributed by atoms with E-state index in [9.17, 15) is 13.2 Å². The summed E-state index contributed by atoms with van der Waals surface area (Å²) in [4.78, 5) is 22.2. The van der Waals surface area contributed by atoms with Crippen molar-refractivity contribution >= 4 is 42.4 Å². The van der Waals surface area contributed by atoms with E-state index in [-0.39, 0.29) is 16.1 Å². The molecule has 0 spiro atoms. The number of aryl methyl sites for hydroxylation is 1. The highest BCUT2D eigenvalue weighted by molar-refractivity contribution is 7.92. The van der Waals surface area contributed by atoms with Crippen LogP contribution in [0.25, 0.3) is 10.2 Å². The van der Waals surface area contributed by atoms with Crippen LogP contribution in [0.15, 0.2) is 47.4 Å². The number of benzene rings is 2. The lowest BCUT2D eigenvalue weighted by atomic mass is 10.00. The maximum Gasteiger partial charge on any atom is 0.255 e. The molecule has 162 valence electrons. The predicted octanol–water partition coefficient (Wildman–Crippen LogP) is 3.89. The third-order valence-electron chi connectivity index (χ3n) is 6.29. The largest absolute Gasteiger partial charge is 0.345 e. The first-order valence-corrected chi connectivity index (χ1v) is 13.0. The van der Waals surface area contributed by atoms with Crippen molar-refractivity contribution in [2.24, 2.45) is 0 Å². The van der Waals surface area contributed by atoms with E-state index in [1.165, 1.54) is 10.3 Å². The summed E-state index contributed by atoms with van der Waals surface area (Å²) in [5, 5.41) is 0.627. The summed E-state index contributed by atoms with van der Waals surface area (Å²) < 4.78 is 27.1. The van der Waals surface area contributed by atoms with Crippen LogP contribution in [0.3, 0.4) is 0 Å². The number of thiazole rings is 1. The molecular weight excluding hydrogens is 430 g/mol. The van der Waals surface area contributed by atoms with Crippen LogP contribution in [0, 0.1) is 6.92 Å². The average molecular weight is 456 g/mol. The quantitative estimate of drug-likeness (QED) is 0.597. The summed E-state index contributed by atoms with van der Waals surface area (Å²) in [6.45, 7) is 4.54. The minimum absolute atomic E-state index is 0.189. The lowest BCUT2D eigenvalue weighted by Gasteiger charge is -2.35. The smallest absolute Gasteiger partial charge is 0.255 e. The molecule has 1 saturated heterocycles. The monoisotopic (exact) mass is 455 g/mol. The molecule has 1 amide bonds. The van der Waals surface area contributed by atoms with Crippen LogP contribution < -0.4 is 4.90 Å². The number of fused-ring (bicyclic) bond motifs is 1. The van der Waals surface area contributed by atoms with Gasteiger partial charge in [-0.15, -0.1) is 0 Å². The first-order chi connectivity index (χ1) is 14.9. The van der Waals surface area contributed by atoms with Gasteiger partial charge in [0.2, 0.25) is 0 Å². The standard InChI is InChI=1S/C23H25N3O3S2/c1-16-9-10-19-20(15-16)30-23(24-19)26-13-11-25(12-14-26)22(27)18-7-2-3-8-21(18)31(28,29)17-5-4-6-17/h2-3,7-10,15,17H,4-6,11-14H2,1H3. The molecule has 2 fully saturated rings. The molecule has 1 aromatic heterocycles. The van der Waals surface area contributed by atoms with Gasteiger partial charge in [0.25, 0.3) is 5.91 Å². The number of aromatic nitrogens is 1. The highest BCUT2D eigenvalue weighted by atomic mass is 32.2. The molecule has 3 aromatic rings. The van der Waals surface area contributed by atoms with Gasteiger partial charge in [-0.25, -0.2) is 13.4 Å². The van der Waals surface area contributed by atoms with E-state index in [2.05, 4.69) is 24.0 Å². The Balaban J connectivity index is 1.32. The summed E-state index contributed by atoms with van der Waals surface area (Å²) in [6.07, 6.45) is 2.31. The van der Waals surface area contributed by atoms with Gasteiger partial charge in [-0.2, -0.15) is 0 Å². The number of amides is 1. The maximum absolute atomic E-state index is 13.2. The molecule has 1 aliphatic carbocycles. The lowest BCUT2D eigenvalue weighted by molar-refractivity contribution is 0.0743. The first kappa shape index (κ1) is 20.5. The number of hydrogen-bond donors (Lipinski definition) is 0. The number of hydrogen-bond acceptors (Lipinski definition) is 6. The van der Waals surface area contributed by atoms with Crippen molar-refractivity contribution in [2.75, 3.05) is 31.1 Å². The van der Waals surface area contributed by atoms with Crippen molar-refractivity contribution in [3.63, 3.8) is 0 Å². The second-order valence-corrected chi connectivity index (χ2v) is 11.5. The summed E-state index contributed by atoms with van der Waals surface area (Å²) in [7, 11) is -3.45. The Hall–Kier alpha value is -2.45. The van der Waals surface area contributed by atoms with E-state index in [4.69, 9.17) is 4.98 Å². The highest BCUT2D eigenvalue weighted by Gasteiger charge is 2.36. The summed E-state index contributed by atoms with van der Waals surface area (Å²) in [6, 6.07) is 12.9. The number of piperazine rings is 1. The molecule has 0 bridgehead atoms. The van der Waals surface area contributed by atoms with E-state index in [1.54, 1.807) is 40.5 Å². The molecule has 2 heterocycles. The predicted molar refractivity (Wildman–Crippen MR) is 124 cm³/mol. The Labute approximate surface area is 186 Å². The van der Waals surface area contributed by atoms with E-state index in [1.807, 2.05) is 6.07 Å².